The van der Waals surface area contributed by atoms with Gasteiger partial charge in [-0.15, -0.1) is 0 Å². The number of nitrogens with one attached hydrogen (secondary N) is 1. The van der Waals surface area contributed by atoms with Crippen LogP contribution in [-0.2, 0) is 9.53 Å². The maximum atomic E-state index is 11.9. The van der Waals surface area contributed by atoms with Crippen molar-refractivity contribution in [1.82, 2.24) is 5.32 Å². The van der Waals surface area contributed by atoms with E-state index in [1.165, 1.54) is 11.1 Å². The van der Waals surface area contributed by atoms with Crippen molar-refractivity contribution >= 4 is 5.91 Å². The summed E-state index contributed by atoms with van der Waals surface area (Å²) in [7, 11) is 0. The minimum absolute atomic E-state index is 0.0623. The summed E-state index contributed by atoms with van der Waals surface area (Å²) in [6, 6.07) is 6.02. The van der Waals surface area contributed by atoms with E-state index in [1.54, 1.807) is 0 Å². The first-order valence-corrected chi connectivity index (χ1v) is 8.15. The predicted molar refractivity (Wildman–Crippen MR) is 87.2 cm³/mol. The SMILES string of the molecule is Cc1ccc(OCC(=O)N[C@H](C)CC[C@@H]2CCCO2)cc1C. The molecule has 0 aliphatic carbocycles. The van der Waals surface area contributed by atoms with Gasteiger partial charge in [0.25, 0.3) is 5.91 Å². The van der Waals surface area contributed by atoms with Gasteiger partial charge in [-0.3, -0.25) is 4.79 Å². The quantitative estimate of drug-likeness (QED) is 0.842. The Morgan fingerprint density at radius 2 is 2.23 bits per heavy atom. The highest BCUT2D eigenvalue weighted by molar-refractivity contribution is 5.77. The Labute approximate surface area is 133 Å². The summed E-state index contributed by atoms with van der Waals surface area (Å²) in [5.74, 6) is 0.670. The van der Waals surface area contributed by atoms with E-state index in [0.29, 0.717) is 6.10 Å². The summed E-state index contributed by atoms with van der Waals surface area (Å²) in [5.41, 5.74) is 2.39. The number of benzene rings is 1. The molecule has 0 unspecified atom stereocenters. The van der Waals surface area contributed by atoms with Crippen molar-refractivity contribution in [2.75, 3.05) is 13.2 Å². The van der Waals surface area contributed by atoms with E-state index in [-0.39, 0.29) is 18.6 Å². The number of carbonyl (C=O) groups is 1. The van der Waals surface area contributed by atoms with Crippen molar-refractivity contribution in [3.05, 3.63) is 29.3 Å². The Morgan fingerprint density at radius 1 is 1.41 bits per heavy atom. The highest BCUT2D eigenvalue weighted by Crippen LogP contribution is 2.18. The third-order valence-corrected chi connectivity index (χ3v) is 4.20. The average Bonchev–Trinajstić information content (AvgIpc) is 3.00. The van der Waals surface area contributed by atoms with E-state index >= 15 is 0 Å². The van der Waals surface area contributed by atoms with Gasteiger partial charge in [-0.2, -0.15) is 0 Å². The fraction of sp³-hybridized carbons (Fsp3) is 0.611. The van der Waals surface area contributed by atoms with E-state index in [4.69, 9.17) is 9.47 Å². The standard InChI is InChI=1S/C18H27NO3/c1-13-6-8-17(11-14(13)2)22-12-18(20)19-15(3)7-9-16-5-4-10-21-16/h6,8,11,15-16H,4-5,7,9-10,12H2,1-3H3,(H,19,20)/t15-,16+/m1/s1. The Bertz CT molecular complexity index is 495. The fourth-order valence-corrected chi connectivity index (χ4v) is 2.65. The third kappa shape index (κ3) is 5.34. The van der Waals surface area contributed by atoms with E-state index in [1.807, 2.05) is 32.0 Å². The maximum absolute atomic E-state index is 11.9. The minimum Gasteiger partial charge on any atom is -0.484 e. The smallest absolute Gasteiger partial charge is 0.258 e. The van der Waals surface area contributed by atoms with Crippen LogP contribution in [0.4, 0.5) is 0 Å². The number of rotatable bonds is 7. The molecule has 2 rings (SSSR count). The van der Waals surface area contributed by atoms with E-state index in [0.717, 1.165) is 38.0 Å². The van der Waals surface area contributed by atoms with Crippen molar-refractivity contribution in [2.24, 2.45) is 0 Å². The lowest BCUT2D eigenvalue weighted by molar-refractivity contribution is -0.123. The fourth-order valence-electron chi connectivity index (χ4n) is 2.65. The molecule has 1 saturated heterocycles. The van der Waals surface area contributed by atoms with Crippen molar-refractivity contribution in [3.8, 4) is 5.75 Å². The molecule has 2 atom stereocenters. The zero-order valence-electron chi connectivity index (χ0n) is 13.9. The summed E-state index contributed by atoms with van der Waals surface area (Å²) in [4.78, 5) is 11.9. The average molecular weight is 305 g/mol. The third-order valence-electron chi connectivity index (χ3n) is 4.20. The van der Waals surface area contributed by atoms with E-state index in [9.17, 15) is 4.79 Å². The monoisotopic (exact) mass is 305 g/mol. The second-order valence-electron chi connectivity index (χ2n) is 6.22. The van der Waals surface area contributed by atoms with Gasteiger partial charge in [0.2, 0.25) is 0 Å². The number of hydrogen-bond acceptors (Lipinski definition) is 3. The molecule has 0 saturated carbocycles. The van der Waals surface area contributed by atoms with E-state index < -0.39 is 0 Å². The molecule has 4 heteroatoms. The summed E-state index contributed by atoms with van der Waals surface area (Å²) >= 11 is 0. The maximum Gasteiger partial charge on any atom is 0.258 e. The molecule has 0 bridgehead atoms. The normalized spacial score (nSPS) is 19.0. The molecule has 1 aliphatic heterocycles. The Kier molecular flexibility index (Phi) is 6.25. The number of ether oxygens (including phenoxy) is 2. The second-order valence-corrected chi connectivity index (χ2v) is 6.22. The van der Waals surface area contributed by atoms with Gasteiger partial charge in [0, 0.05) is 12.6 Å². The molecule has 122 valence electrons. The van der Waals surface area contributed by atoms with Crippen molar-refractivity contribution in [3.63, 3.8) is 0 Å². The Balaban J connectivity index is 1.66. The molecule has 4 nitrogen and oxygen atoms in total. The molecule has 1 fully saturated rings. The van der Waals surface area contributed by atoms with Crippen LogP contribution in [0.5, 0.6) is 5.75 Å². The Morgan fingerprint density at radius 3 is 2.91 bits per heavy atom. The molecule has 0 spiro atoms. The first kappa shape index (κ1) is 16.8. The van der Waals surface area contributed by atoms with Gasteiger partial charge in [0.15, 0.2) is 6.61 Å². The highest BCUT2D eigenvalue weighted by Gasteiger charge is 2.17. The van der Waals surface area contributed by atoms with Gasteiger partial charge in [0.1, 0.15) is 5.75 Å². The second kappa shape index (κ2) is 8.18. The van der Waals surface area contributed by atoms with Gasteiger partial charge in [-0.25, -0.2) is 0 Å². The summed E-state index contributed by atoms with van der Waals surface area (Å²) in [5, 5.41) is 2.98. The first-order valence-electron chi connectivity index (χ1n) is 8.15. The molecular weight excluding hydrogens is 278 g/mol. The van der Waals surface area contributed by atoms with Crippen LogP contribution in [0.15, 0.2) is 18.2 Å². The lowest BCUT2D eigenvalue weighted by Crippen LogP contribution is -2.36. The van der Waals surface area contributed by atoms with Crippen LogP contribution in [0.2, 0.25) is 0 Å². The first-order chi connectivity index (χ1) is 10.5. The minimum atomic E-state index is -0.0712. The number of hydrogen-bond donors (Lipinski definition) is 1. The number of aryl methyl sites for hydroxylation is 2. The molecule has 1 aromatic rings. The molecule has 0 aromatic heterocycles. The lowest BCUT2D eigenvalue weighted by Gasteiger charge is -2.16. The van der Waals surface area contributed by atoms with Crippen LogP contribution in [0.1, 0.15) is 43.7 Å². The highest BCUT2D eigenvalue weighted by atomic mass is 16.5. The van der Waals surface area contributed by atoms with Crippen LogP contribution in [0.25, 0.3) is 0 Å². The summed E-state index contributed by atoms with van der Waals surface area (Å²) in [6.07, 6.45) is 4.65. The van der Waals surface area contributed by atoms with Gasteiger partial charge < -0.3 is 14.8 Å². The van der Waals surface area contributed by atoms with Gasteiger partial charge in [0.05, 0.1) is 6.10 Å². The molecule has 1 amide bonds. The predicted octanol–water partition coefficient (Wildman–Crippen LogP) is 3.15. The lowest BCUT2D eigenvalue weighted by atomic mass is 10.1. The van der Waals surface area contributed by atoms with Crippen LogP contribution in [-0.4, -0.2) is 31.3 Å². The molecule has 22 heavy (non-hydrogen) atoms. The Hall–Kier alpha value is -1.55. The number of carbonyl (C=O) groups excluding carboxylic acids is 1. The van der Waals surface area contributed by atoms with Crippen LogP contribution in [0, 0.1) is 13.8 Å². The zero-order chi connectivity index (χ0) is 15.9. The summed E-state index contributed by atoms with van der Waals surface area (Å²) in [6.45, 7) is 7.07. The van der Waals surface area contributed by atoms with Gasteiger partial charge >= 0.3 is 0 Å². The zero-order valence-corrected chi connectivity index (χ0v) is 13.9. The summed E-state index contributed by atoms with van der Waals surface area (Å²) < 4.78 is 11.1. The molecule has 1 N–H and O–H groups in total. The largest absolute Gasteiger partial charge is 0.484 e. The van der Waals surface area contributed by atoms with Crippen molar-refractivity contribution in [1.29, 1.82) is 0 Å². The molecule has 1 aliphatic rings. The van der Waals surface area contributed by atoms with E-state index in [2.05, 4.69) is 12.2 Å². The molecular formula is C18H27NO3. The molecule has 0 radical (unpaired) electrons. The van der Waals surface area contributed by atoms with Crippen molar-refractivity contribution < 1.29 is 14.3 Å². The molecule has 1 aromatic carbocycles. The van der Waals surface area contributed by atoms with Crippen molar-refractivity contribution in [2.45, 2.75) is 58.6 Å². The number of amides is 1. The van der Waals surface area contributed by atoms with Crippen LogP contribution in [0.3, 0.4) is 0 Å². The van der Waals surface area contributed by atoms with Crippen LogP contribution < -0.4 is 10.1 Å². The van der Waals surface area contributed by atoms with Gasteiger partial charge in [-0.1, -0.05) is 6.07 Å². The molecule has 1 heterocycles. The van der Waals surface area contributed by atoms with Gasteiger partial charge in [-0.05, 0) is 69.7 Å². The topological polar surface area (TPSA) is 47.6 Å². The van der Waals surface area contributed by atoms with Crippen LogP contribution >= 0.6 is 0 Å².